The van der Waals surface area contributed by atoms with Crippen LogP contribution in [-0.4, -0.2) is 6.04 Å². The molecule has 0 bridgehead atoms. The lowest BCUT2D eigenvalue weighted by atomic mass is 10.2. The van der Waals surface area contributed by atoms with Crippen LogP contribution < -0.4 is 5.32 Å². The molecule has 0 aliphatic heterocycles. The molecule has 18 heavy (non-hydrogen) atoms. The minimum atomic E-state index is 0.758. The molecule has 2 aromatic rings. The number of furan rings is 1. The van der Waals surface area contributed by atoms with Crippen molar-refractivity contribution in [3.63, 3.8) is 0 Å². The molecular weight excluding hydrogens is 242 g/mol. The topological polar surface area (TPSA) is 25.2 Å². The Bertz CT molecular complexity index is 491. The molecule has 94 valence electrons. The van der Waals surface area contributed by atoms with Gasteiger partial charge in [-0.3, -0.25) is 0 Å². The molecule has 0 atom stereocenters. The van der Waals surface area contributed by atoms with E-state index in [2.05, 4.69) is 29.6 Å². The summed E-state index contributed by atoms with van der Waals surface area (Å²) < 4.78 is 5.37. The summed E-state index contributed by atoms with van der Waals surface area (Å²) in [5, 5.41) is 3.57. The average molecular weight is 259 g/mol. The van der Waals surface area contributed by atoms with Crippen molar-refractivity contribution in [3.8, 4) is 0 Å². The average Bonchev–Trinajstić information content (AvgIpc) is 3.09. The highest BCUT2D eigenvalue weighted by atomic mass is 32.2. The first kappa shape index (κ1) is 11.9. The number of hydrogen-bond acceptors (Lipinski definition) is 3. The molecule has 1 aliphatic carbocycles. The van der Waals surface area contributed by atoms with Gasteiger partial charge in [0.2, 0.25) is 0 Å². The van der Waals surface area contributed by atoms with E-state index in [0.717, 1.165) is 24.1 Å². The molecule has 1 fully saturated rings. The molecule has 1 saturated carbocycles. The smallest absolute Gasteiger partial charge is 0.113 e. The fourth-order valence-electron chi connectivity index (χ4n) is 1.88. The number of thioether (sulfide) groups is 1. The van der Waals surface area contributed by atoms with Crippen LogP contribution in [0.15, 0.2) is 52.0 Å². The van der Waals surface area contributed by atoms with Gasteiger partial charge in [-0.25, -0.2) is 0 Å². The summed E-state index contributed by atoms with van der Waals surface area (Å²) in [6.45, 7) is 0.978. The molecule has 0 radical (unpaired) electrons. The van der Waals surface area contributed by atoms with Crippen molar-refractivity contribution >= 4 is 11.8 Å². The highest BCUT2D eigenvalue weighted by molar-refractivity contribution is 7.98. The normalized spacial score (nSPS) is 14.9. The Labute approximate surface area is 112 Å². The predicted octanol–water partition coefficient (Wildman–Crippen LogP) is 3.82. The van der Waals surface area contributed by atoms with Crippen molar-refractivity contribution < 1.29 is 4.42 Å². The largest absolute Gasteiger partial charge is 0.468 e. The van der Waals surface area contributed by atoms with Gasteiger partial charge in [-0.1, -0.05) is 18.2 Å². The maximum Gasteiger partial charge on any atom is 0.113 e. The quantitative estimate of drug-likeness (QED) is 0.798. The van der Waals surface area contributed by atoms with Gasteiger partial charge in [0.05, 0.1) is 12.0 Å². The summed E-state index contributed by atoms with van der Waals surface area (Å²) in [6, 6.07) is 13.3. The number of nitrogens with one attached hydrogen (secondary N) is 1. The number of benzene rings is 1. The van der Waals surface area contributed by atoms with Gasteiger partial charge in [-0.2, -0.15) is 0 Å². The second-order valence-corrected chi connectivity index (χ2v) is 5.65. The zero-order valence-electron chi connectivity index (χ0n) is 10.3. The third-order valence-electron chi connectivity index (χ3n) is 3.08. The summed E-state index contributed by atoms with van der Waals surface area (Å²) in [6.07, 6.45) is 4.40. The fraction of sp³-hybridized carbons (Fsp3) is 0.333. The fourth-order valence-corrected chi connectivity index (χ4v) is 2.84. The summed E-state index contributed by atoms with van der Waals surface area (Å²) in [5.41, 5.74) is 1.39. The Balaban J connectivity index is 1.62. The van der Waals surface area contributed by atoms with Crippen LogP contribution in [0.25, 0.3) is 0 Å². The lowest BCUT2D eigenvalue weighted by Gasteiger charge is -2.09. The van der Waals surface area contributed by atoms with Crippen molar-refractivity contribution in [3.05, 3.63) is 54.0 Å². The van der Waals surface area contributed by atoms with Crippen LogP contribution in [0.2, 0.25) is 0 Å². The summed E-state index contributed by atoms with van der Waals surface area (Å²) in [4.78, 5) is 1.35. The number of hydrogen-bond donors (Lipinski definition) is 1. The second kappa shape index (κ2) is 5.63. The molecule has 0 amide bonds. The molecule has 3 heteroatoms. The van der Waals surface area contributed by atoms with E-state index in [-0.39, 0.29) is 0 Å². The van der Waals surface area contributed by atoms with Gasteiger partial charge < -0.3 is 9.73 Å². The van der Waals surface area contributed by atoms with E-state index < -0.39 is 0 Å². The molecule has 2 nitrogen and oxygen atoms in total. The first-order chi connectivity index (χ1) is 8.92. The summed E-state index contributed by atoms with van der Waals surface area (Å²) in [5.74, 6) is 1.93. The zero-order valence-corrected chi connectivity index (χ0v) is 11.1. The molecule has 0 unspecified atom stereocenters. The minimum absolute atomic E-state index is 0.758. The van der Waals surface area contributed by atoms with E-state index in [1.54, 1.807) is 6.26 Å². The van der Waals surface area contributed by atoms with E-state index >= 15 is 0 Å². The van der Waals surface area contributed by atoms with Gasteiger partial charge in [0.15, 0.2) is 0 Å². The second-order valence-electron chi connectivity index (χ2n) is 4.63. The highest BCUT2D eigenvalue weighted by Gasteiger charge is 2.20. The number of rotatable bonds is 6. The van der Waals surface area contributed by atoms with E-state index in [1.807, 2.05) is 23.9 Å². The Morgan fingerprint density at radius 3 is 2.83 bits per heavy atom. The summed E-state index contributed by atoms with van der Waals surface area (Å²) >= 11 is 1.84. The van der Waals surface area contributed by atoms with Crippen LogP contribution in [0.4, 0.5) is 0 Å². The highest BCUT2D eigenvalue weighted by Crippen LogP contribution is 2.27. The van der Waals surface area contributed by atoms with E-state index in [9.17, 15) is 0 Å². The molecule has 0 spiro atoms. The van der Waals surface area contributed by atoms with Crippen molar-refractivity contribution in [1.29, 1.82) is 0 Å². The first-order valence-corrected chi connectivity index (χ1v) is 7.37. The zero-order chi connectivity index (χ0) is 12.2. The lowest BCUT2D eigenvalue weighted by Crippen LogP contribution is -2.15. The van der Waals surface area contributed by atoms with Gasteiger partial charge >= 0.3 is 0 Å². The van der Waals surface area contributed by atoms with Crippen LogP contribution in [0.5, 0.6) is 0 Å². The molecule has 0 saturated heterocycles. The molecule has 1 aromatic carbocycles. The third kappa shape index (κ3) is 3.18. The van der Waals surface area contributed by atoms with Crippen LogP contribution in [0, 0.1) is 0 Å². The van der Waals surface area contributed by atoms with Gasteiger partial charge in [0.25, 0.3) is 0 Å². The molecule has 1 aliphatic rings. The van der Waals surface area contributed by atoms with Crippen LogP contribution in [-0.2, 0) is 12.3 Å². The minimum Gasteiger partial charge on any atom is -0.468 e. The van der Waals surface area contributed by atoms with Crippen LogP contribution in [0.1, 0.15) is 24.2 Å². The van der Waals surface area contributed by atoms with Gasteiger partial charge in [-0.05, 0) is 36.6 Å². The lowest BCUT2D eigenvalue weighted by molar-refractivity contribution is 0.530. The SMILES string of the molecule is c1coc(CSc2ccccc2CNC2CC2)c1. The Hall–Kier alpha value is -1.19. The molecule has 3 rings (SSSR count). The molecular formula is C15H17NOS. The summed E-state index contributed by atoms with van der Waals surface area (Å²) in [7, 11) is 0. The Morgan fingerprint density at radius 2 is 2.06 bits per heavy atom. The maximum atomic E-state index is 5.37. The van der Waals surface area contributed by atoms with E-state index in [4.69, 9.17) is 4.42 Å². The molecule has 1 aromatic heterocycles. The van der Waals surface area contributed by atoms with E-state index in [0.29, 0.717) is 0 Å². The molecule has 1 heterocycles. The third-order valence-corrected chi connectivity index (χ3v) is 4.22. The van der Waals surface area contributed by atoms with Gasteiger partial charge in [0.1, 0.15) is 5.76 Å². The monoisotopic (exact) mass is 259 g/mol. The first-order valence-electron chi connectivity index (χ1n) is 6.38. The maximum absolute atomic E-state index is 5.37. The molecule has 1 N–H and O–H groups in total. The van der Waals surface area contributed by atoms with Crippen molar-refractivity contribution in [2.24, 2.45) is 0 Å². The van der Waals surface area contributed by atoms with Crippen molar-refractivity contribution in [2.45, 2.75) is 36.1 Å². The van der Waals surface area contributed by atoms with Gasteiger partial charge in [0, 0.05) is 17.5 Å². The van der Waals surface area contributed by atoms with Crippen molar-refractivity contribution in [1.82, 2.24) is 5.32 Å². The Kier molecular flexibility index (Phi) is 3.72. The van der Waals surface area contributed by atoms with Crippen LogP contribution in [0.3, 0.4) is 0 Å². The van der Waals surface area contributed by atoms with E-state index in [1.165, 1.54) is 23.3 Å². The Morgan fingerprint density at radius 1 is 1.17 bits per heavy atom. The predicted molar refractivity (Wildman–Crippen MR) is 74.6 cm³/mol. The standard InChI is InChI=1S/C15H17NOS/c1-2-6-15(18-11-14-5-3-9-17-14)12(4-1)10-16-13-7-8-13/h1-6,9,13,16H,7-8,10-11H2. The van der Waals surface area contributed by atoms with Gasteiger partial charge in [-0.15, -0.1) is 11.8 Å². The van der Waals surface area contributed by atoms with Crippen molar-refractivity contribution in [2.75, 3.05) is 0 Å². The van der Waals surface area contributed by atoms with Crippen LogP contribution >= 0.6 is 11.8 Å².